The number of methoxy groups -OCH3 is 1. The Bertz CT molecular complexity index is 734. The quantitative estimate of drug-likeness (QED) is 0.786. The van der Waals surface area contributed by atoms with Crippen molar-refractivity contribution in [2.24, 2.45) is 0 Å². The molecule has 0 aliphatic rings. The fourth-order valence-corrected chi connectivity index (χ4v) is 2.36. The van der Waals surface area contributed by atoms with E-state index in [-0.39, 0.29) is 21.4 Å². The van der Waals surface area contributed by atoms with Crippen LogP contribution in [0.4, 0.5) is 0 Å². The van der Waals surface area contributed by atoms with Crippen molar-refractivity contribution in [1.82, 2.24) is 5.06 Å². The molecule has 5 nitrogen and oxygen atoms in total. The molecule has 0 heterocycles. The molecule has 0 atom stereocenters. The Morgan fingerprint density at radius 2 is 1.61 bits per heavy atom. The maximum Gasteiger partial charge on any atom is 0.368 e. The highest BCUT2D eigenvalue weighted by Gasteiger charge is 2.24. The van der Waals surface area contributed by atoms with Gasteiger partial charge in [0, 0.05) is 12.6 Å². The van der Waals surface area contributed by atoms with Gasteiger partial charge in [0.05, 0.1) is 17.2 Å². The van der Waals surface area contributed by atoms with Crippen LogP contribution < -0.4 is 4.74 Å². The van der Waals surface area contributed by atoms with Gasteiger partial charge in [-0.15, -0.1) is 0 Å². The zero-order valence-electron chi connectivity index (χ0n) is 12.4. The van der Waals surface area contributed by atoms with E-state index in [0.717, 1.165) is 5.06 Å². The van der Waals surface area contributed by atoms with E-state index in [9.17, 15) is 9.59 Å². The van der Waals surface area contributed by atoms with Crippen LogP contribution in [0.2, 0.25) is 10.0 Å². The van der Waals surface area contributed by atoms with Gasteiger partial charge in [0.15, 0.2) is 5.75 Å². The summed E-state index contributed by atoms with van der Waals surface area (Å²) < 4.78 is 5.08. The van der Waals surface area contributed by atoms with E-state index in [4.69, 9.17) is 32.8 Å². The smallest absolute Gasteiger partial charge is 0.368 e. The molecule has 2 aromatic rings. The van der Waals surface area contributed by atoms with Crippen LogP contribution in [0.5, 0.6) is 5.75 Å². The molecule has 2 aromatic carbocycles. The molecule has 0 N–H and O–H groups in total. The van der Waals surface area contributed by atoms with Crippen LogP contribution in [0, 0.1) is 0 Å². The predicted octanol–water partition coefficient (Wildman–Crippen LogP) is 3.85. The highest BCUT2D eigenvalue weighted by Crippen LogP contribution is 2.34. The molecule has 120 valence electrons. The lowest BCUT2D eigenvalue weighted by atomic mass is 10.2. The van der Waals surface area contributed by atoms with E-state index in [1.807, 2.05) is 0 Å². The van der Waals surface area contributed by atoms with Gasteiger partial charge in [-0.25, -0.2) is 4.79 Å². The largest absolute Gasteiger partial charge is 0.494 e. The summed E-state index contributed by atoms with van der Waals surface area (Å²) >= 11 is 12.0. The molecule has 0 radical (unpaired) electrons. The normalized spacial score (nSPS) is 10.1. The third-order valence-electron chi connectivity index (χ3n) is 2.99. The van der Waals surface area contributed by atoms with Crippen molar-refractivity contribution in [3.8, 4) is 5.75 Å². The summed E-state index contributed by atoms with van der Waals surface area (Å²) in [5, 5.41) is 1.15. The number of nitrogens with zero attached hydrogens (tertiary/aromatic N) is 1. The highest BCUT2D eigenvalue weighted by atomic mass is 35.5. The molecule has 0 aliphatic heterocycles. The maximum absolute atomic E-state index is 12.3. The van der Waals surface area contributed by atoms with Crippen LogP contribution in [-0.2, 0) is 4.84 Å². The number of ether oxygens (including phenoxy) is 1. The van der Waals surface area contributed by atoms with Crippen molar-refractivity contribution in [3.63, 3.8) is 0 Å². The van der Waals surface area contributed by atoms with Gasteiger partial charge in [-0.05, 0) is 24.3 Å². The Labute approximate surface area is 143 Å². The summed E-state index contributed by atoms with van der Waals surface area (Å²) in [6.45, 7) is 0. The molecule has 0 saturated heterocycles. The van der Waals surface area contributed by atoms with Gasteiger partial charge in [0.1, 0.15) is 5.56 Å². The Morgan fingerprint density at radius 3 is 2.22 bits per heavy atom. The minimum absolute atomic E-state index is 0.0469. The Morgan fingerprint density at radius 1 is 1.00 bits per heavy atom. The molecule has 23 heavy (non-hydrogen) atoms. The summed E-state index contributed by atoms with van der Waals surface area (Å²) in [4.78, 5) is 29.5. The lowest BCUT2D eigenvalue weighted by Gasteiger charge is -2.18. The van der Waals surface area contributed by atoms with Crippen LogP contribution in [0.25, 0.3) is 0 Å². The first-order valence-corrected chi connectivity index (χ1v) is 7.28. The highest BCUT2D eigenvalue weighted by molar-refractivity contribution is 6.37. The van der Waals surface area contributed by atoms with Gasteiger partial charge in [-0.2, -0.15) is 5.06 Å². The minimum Gasteiger partial charge on any atom is -0.494 e. The number of carbonyl (C=O) groups is 2. The molecule has 1 amide bonds. The lowest BCUT2D eigenvalue weighted by Crippen LogP contribution is -2.30. The molecule has 7 heteroatoms. The molecule has 0 aliphatic carbocycles. The number of rotatable bonds is 3. The van der Waals surface area contributed by atoms with Crippen LogP contribution in [0.15, 0.2) is 42.5 Å². The second kappa shape index (κ2) is 7.35. The molecule has 0 unspecified atom stereocenters. The summed E-state index contributed by atoms with van der Waals surface area (Å²) in [6, 6.07) is 11.4. The fraction of sp³-hybridized carbons (Fsp3) is 0.125. The molecule has 0 fully saturated rings. The summed E-state index contributed by atoms with van der Waals surface area (Å²) in [7, 11) is 2.69. The topological polar surface area (TPSA) is 55.8 Å². The van der Waals surface area contributed by atoms with Crippen molar-refractivity contribution in [2.75, 3.05) is 14.2 Å². The first-order valence-electron chi connectivity index (χ1n) is 6.53. The molecule has 0 aromatic heterocycles. The third kappa shape index (κ3) is 3.75. The molecule has 2 rings (SSSR count). The standard InChI is InChI=1S/C16H13Cl2NO4/c1-19(15(20)10-6-4-3-5-7-10)23-16(21)13-11(17)8-9-12(18)14(13)22-2/h3-9H,1-2H3. The second-order valence-corrected chi connectivity index (χ2v) is 5.30. The van der Waals surface area contributed by atoms with E-state index in [2.05, 4.69) is 0 Å². The number of benzene rings is 2. The van der Waals surface area contributed by atoms with E-state index in [1.54, 1.807) is 30.3 Å². The Hall–Kier alpha value is -2.24. The van der Waals surface area contributed by atoms with Crippen LogP contribution in [-0.4, -0.2) is 31.1 Å². The van der Waals surface area contributed by atoms with Gasteiger partial charge in [-0.3, -0.25) is 4.79 Å². The Kier molecular flexibility index (Phi) is 5.47. The first kappa shape index (κ1) is 17.1. The van der Waals surface area contributed by atoms with Crippen molar-refractivity contribution in [1.29, 1.82) is 0 Å². The number of hydroxylamine groups is 2. The SMILES string of the molecule is COc1c(Cl)ccc(Cl)c1C(=O)ON(C)C(=O)c1ccccc1. The average molecular weight is 354 g/mol. The van der Waals surface area contributed by atoms with E-state index in [0.29, 0.717) is 5.56 Å². The number of hydrogen-bond acceptors (Lipinski definition) is 4. The average Bonchev–Trinajstić information content (AvgIpc) is 2.56. The lowest BCUT2D eigenvalue weighted by molar-refractivity contribution is -0.0660. The van der Waals surface area contributed by atoms with Crippen LogP contribution >= 0.6 is 23.2 Å². The minimum atomic E-state index is -0.846. The van der Waals surface area contributed by atoms with Crippen molar-refractivity contribution < 1.29 is 19.2 Å². The first-order chi connectivity index (χ1) is 11.0. The summed E-state index contributed by atoms with van der Waals surface area (Å²) in [5.41, 5.74) is 0.335. The van der Waals surface area contributed by atoms with E-state index in [1.165, 1.54) is 26.3 Å². The summed E-state index contributed by atoms with van der Waals surface area (Å²) in [6.07, 6.45) is 0. The van der Waals surface area contributed by atoms with Crippen molar-refractivity contribution >= 4 is 35.1 Å². The fourth-order valence-electron chi connectivity index (χ4n) is 1.90. The molecular formula is C16H13Cl2NO4. The maximum atomic E-state index is 12.3. The zero-order valence-corrected chi connectivity index (χ0v) is 13.9. The number of carbonyl (C=O) groups excluding carboxylic acids is 2. The van der Waals surface area contributed by atoms with Crippen LogP contribution in [0.3, 0.4) is 0 Å². The second-order valence-electron chi connectivity index (χ2n) is 4.48. The van der Waals surface area contributed by atoms with Crippen molar-refractivity contribution in [3.05, 3.63) is 63.6 Å². The molecule has 0 bridgehead atoms. The monoisotopic (exact) mass is 353 g/mol. The van der Waals surface area contributed by atoms with Crippen molar-refractivity contribution in [2.45, 2.75) is 0 Å². The predicted molar refractivity (Wildman–Crippen MR) is 87.0 cm³/mol. The van der Waals surface area contributed by atoms with Gasteiger partial charge < -0.3 is 9.57 Å². The van der Waals surface area contributed by atoms with Gasteiger partial charge >= 0.3 is 5.97 Å². The number of halogens is 2. The third-order valence-corrected chi connectivity index (χ3v) is 3.61. The zero-order chi connectivity index (χ0) is 17.0. The van der Waals surface area contributed by atoms with Crippen LogP contribution in [0.1, 0.15) is 20.7 Å². The number of hydrogen-bond donors (Lipinski definition) is 0. The van der Waals surface area contributed by atoms with E-state index < -0.39 is 11.9 Å². The molecular weight excluding hydrogens is 341 g/mol. The van der Waals surface area contributed by atoms with Gasteiger partial charge in [0.2, 0.25) is 0 Å². The summed E-state index contributed by atoms with van der Waals surface area (Å²) in [5.74, 6) is -1.23. The van der Waals surface area contributed by atoms with E-state index >= 15 is 0 Å². The molecule has 0 spiro atoms. The van der Waals surface area contributed by atoms with Gasteiger partial charge in [-0.1, -0.05) is 41.4 Å². The van der Waals surface area contributed by atoms with Gasteiger partial charge in [0.25, 0.3) is 5.91 Å². The number of amides is 1. The molecule has 0 saturated carbocycles. The Balaban J connectivity index is 2.23.